The number of aliphatic hydroxyl groups excluding tert-OH is 1. The van der Waals surface area contributed by atoms with Crippen molar-refractivity contribution in [2.45, 2.75) is 17.5 Å². The maximum atomic E-state index is 13.2. The number of para-hydroxylation sites is 2. The highest BCUT2D eigenvalue weighted by Crippen LogP contribution is 2.29. The number of sulfonamides is 1. The molecule has 0 bridgehead atoms. The minimum atomic E-state index is -3.65. The van der Waals surface area contributed by atoms with E-state index in [9.17, 15) is 17.9 Å². The molecule has 1 aromatic heterocycles. The van der Waals surface area contributed by atoms with Crippen LogP contribution in [0.2, 0.25) is 0 Å². The minimum absolute atomic E-state index is 0.101. The van der Waals surface area contributed by atoms with Gasteiger partial charge in [-0.3, -0.25) is 4.90 Å². The number of benzene rings is 3. The Bertz CT molecular complexity index is 1320. The third-order valence-electron chi connectivity index (χ3n) is 6.32. The normalized spacial score (nSPS) is 17.0. The lowest BCUT2D eigenvalue weighted by Crippen LogP contribution is -2.50. The van der Waals surface area contributed by atoms with Gasteiger partial charge in [0.25, 0.3) is 0 Å². The predicted molar refractivity (Wildman–Crippen MR) is 127 cm³/mol. The summed E-state index contributed by atoms with van der Waals surface area (Å²) in [5, 5.41) is 13.2. The molecule has 0 radical (unpaired) electrons. The van der Waals surface area contributed by atoms with Crippen molar-refractivity contribution < 1.29 is 17.9 Å². The summed E-state index contributed by atoms with van der Waals surface area (Å²) >= 11 is 0. The van der Waals surface area contributed by atoms with Crippen molar-refractivity contribution in [2.75, 3.05) is 32.7 Å². The smallest absolute Gasteiger partial charge is 0.243 e. The molecule has 8 heteroatoms. The molecule has 33 heavy (non-hydrogen) atoms. The van der Waals surface area contributed by atoms with E-state index in [1.165, 1.54) is 27.2 Å². The Hall–Kier alpha value is -2.78. The molecule has 3 aromatic carbocycles. The van der Waals surface area contributed by atoms with E-state index in [2.05, 4.69) is 33.7 Å². The molecule has 6 nitrogen and oxygen atoms in total. The average molecular weight is 468 g/mol. The fraction of sp³-hybridized carbons (Fsp3) is 0.280. The number of nitrogens with zero attached hydrogens (tertiary/aromatic N) is 3. The molecule has 4 aromatic rings. The number of halogens is 1. The quantitative estimate of drug-likeness (QED) is 0.473. The van der Waals surface area contributed by atoms with Crippen LogP contribution < -0.4 is 0 Å². The van der Waals surface area contributed by atoms with Crippen LogP contribution >= 0.6 is 0 Å². The lowest BCUT2D eigenvalue weighted by Gasteiger charge is -2.35. The summed E-state index contributed by atoms with van der Waals surface area (Å²) in [4.78, 5) is 2.19. The highest BCUT2D eigenvalue weighted by Gasteiger charge is 2.29. The average Bonchev–Trinajstić information content (AvgIpc) is 3.13. The van der Waals surface area contributed by atoms with Crippen LogP contribution in [0.25, 0.3) is 21.8 Å². The Morgan fingerprint density at radius 1 is 0.788 bits per heavy atom. The van der Waals surface area contributed by atoms with Gasteiger partial charge in [-0.15, -0.1) is 0 Å². The Morgan fingerprint density at radius 3 is 1.91 bits per heavy atom. The van der Waals surface area contributed by atoms with Crippen LogP contribution in [0.3, 0.4) is 0 Å². The van der Waals surface area contributed by atoms with E-state index in [4.69, 9.17) is 0 Å². The molecule has 1 fully saturated rings. The Morgan fingerprint density at radius 2 is 1.33 bits per heavy atom. The number of hydrogen-bond acceptors (Lipinski definition) is 4. The van der Waals surface area contributed by atoms with Crippen LogP contribution in [-0.2, 0) is 16.6 Å². The third-order valence-corrected chi connectivity index (χ3v) is 8.24. The lowest BCUT2D eigenvalue weighted by molar-refractivity contribution is 0.0823. The largest absolute Gasteiger partial charge is 0.390 e. The fourth-order valence-electron chi connectivity index (χ4n) is 4.67. The van der Waals surface area contributed by atoms with Crippen molar-refractivity contribution in [3.05, 3.63) is 78.6 Å². The van der Waals surface area contributed by atoms with Crippen molar-refractivity contribution in [1.29, 1.82) is 0 Å². The van der Waals surface area contributed by atoms with E-state index in [1.807, 2.05) is 24.3 Å². The number of piperazine rings is 1. The van der Waals surface area contributed by atoms with Gasteiger partial charge in [0.1, 0.15) is 5.82 Å². The summed E-state index contributed by atoms with van der Waals surface area (Å²) in [6.07, 6.45) is -0.593. The van der Waals surface area contributed by atoms with Crippen LogP contribution in [0.15, 0.2) is 77.7 Å². The van der Waals surface area contributed by atoms with Crippen molar-refractivity contribution in [3.63, 3.8) is 0 Å². The zero-order chi connectivity index (χ0) is 23.0. The number of hydrogen-bond donors (Lipinski definition) is 1. The number of β-amino-alcohol motifs (C(OH)–C–C–N with tert-alkyl or cyclic N) is 1. The van der Waals surface area contributed by atoms with Gasteiger partial charge in [0.05, 0.1) is 17.5 Å². The lowest BCUT2D eigenvalue weighted by atomic mass is 10.2. The van der Waals surface area contributed by atoms with E-state index in [0.717, 1.165) is 23.2 Å². The first-order valence-corrected chi connectivity index (χ1v) is 12.5. The number of rotatable bonds is 6. The second-order valence-corrected chi connectivity index (χ2v) is 10.4. The van der Waals surface area contributed by atoms with Crippen LogP contribution in [0, 0.1) is 5.82 Å². The number of fused-ring (bicyclic) bond motifs is 3. The van der Waals surface area contributed by atoms with E-state index >= 15 is 0 Å². The van der Waals surface area contributed by atoms with Crippen molar-refractivity contribution >= 4 is 31.8 Å². The standard InChI is InChI=1S/C25H26FN3O3S/c26-19-9-11-21(12-10-19)33(31,32)28-15-13-27(14-16-28)17-20(30)18-29-24-7-3-1-5-22(24)23-6-2-4-8-25(23)29/h1-12,20,30H,13-18H2. The van der Waals surface area contributed by atoms with Crippen LogP contribution in [0.5, 0.6) is 0 Å². The van der Waals surface area contributed by atoms with Crippen molar-refractivity contribution in [1.82, 2.24) is 13.8 Å². The van der Waals surface area contributed by atoms with E-state index in [0.29, 0.717) is 39.3 Å². The van der Waals surface area contributed by atoms with Crippen molar-refractivity contribution in [2.24, 2.45) is 0 Å². The molecule has 0 spiro atoms. The van der Waals surface area contributed by atoms with Gasteiger partial charge in [-0.1, -0.05) is 36.4 Å². The molecule has 1 N–H and O–H groups in total. The van der Waals surface area contributed by atoms with Gasteiger partial charge in [0.15, 0.2) is 0 Å². The van der Waals surface area contributed by atoms with Crippen LogP contribution in [0.1, 0.15) is 0 Å². The van der Waals surface area contributed by atoms with Crippen LogP contribution in [-0.4, -0.2) is 66.1 Å². The molecule has 0 amide bonds. The van der Waals surface area contributed by atoms with Crippen molar-refractivity contribution in [3.8, 4) is 0 Å². The highest BCUT2D eigenvalue weighted by molar-refractivity contribution is 7.89. The molecule has 0 saturated carbocycles. The first-order chi connectivity index (χ1) is 15.9. The molecule has 0 aliphatic carbocycles. The van der Waals surface area contributed by atoms with Gasteiger partial charge in [-0.05, 0) is 36.4 Å². The first-order valence-electron chi connectivity index (χ1n) is 11.1. The fourth-order valence-corrected chi connectivity index (χ4v) is 6.10. The molecule has 1 saturated heterocycles. The second kappa shape index (κ2) is 8.87. The highest BCUT2D eigenvalue weighted by atomic mass is 32.2. The van der Waals surface area contributed by atoms with Crippen LogP contribution in [0.4, 0.5) is 4.39 Å². The number of aromatic nitrogens is 1. The molecule has 1 atom stereocenters. The van der Waals surface area contributed by atoms with Gasteiger partial charge in [0.2, 0.25) is 10.0 Å². The molecule has 1 aliphatic rings. The maximum absolute atomic E-state index is 13.2. The molecule has 172 valence electrons. The van der Waals surface area contributed by atoms with Gasteiger partial charge in [-0.25, -0.2) is 12.8 Å². The van der Waals surface area contributed by atoms with Gasteiger partial charge in [-0.2, -0.15) is 4.31 Å². The first kappa shape index (κ1) is 22.0. The van der Waals surface area contributed by atoms with Gasteiger partial charge >= 0.3 is 0 Å². The van der Waals surface area contributed by atoms with Gasteiger partial charge in [0, 0.05) is 54.5 Å². The molecule has 2 heterocycles. The predicted octanol–water partition coefficient (Wildman–Crippen LogP) is 3.30. The Balaban J connectivity index is 1.25. The molecule has 5 rings (SSSR count). The third kappa shape index (κ3) is 4.27. The summed E-state index contributed by atoms with van der Waals surface area (Å²) in [5.41, 5.74) is 2.18. The second-order valence-electron chi connectivity index (χ2n) is 8.46. The zero-order valence-electron chi connectivity index (χ0n) is 18.1. The molecular weight excluding hydrogens is 441 g/mol. The topological polar surface area (TPSA) is 65.8 Å². The summed E-state index contributed by atoms with van der Waals surface area (Å²) in [6.45, 7) is 2.66. The Labute approximate surface area is 192 Å². The summed E-state index contributed by atoms with van der Waals surface area (Å²) in [7, 11) is -3.65. The minimum Gasteiger partial charge on any atom is -0.390 e. The summed E-state index contributed by atoms with van der Waals surface area (Å²) in [5.74, 6) is -0.462. The van der Waals surface area contributed by atoms with E-state index in [-0.39, 0.29) is 4.90 Å². The summed E-state index contributed by atoms with van der Waals surface area (Å²) < 4.78 is 42.4. The molecular formula is C25H26FN3O3S. The molecule has 1 aliphatic heterocycles. The molecule has 1 unspecified atom stereocenters. The van der Waals surface area contributed by atoms with Gasteiger partial charge < -0.3 is 9.67 Å². The zero-order valence-corrected chi connectivity index (χ0v) is 19.0. The van der Waals surface area contributed by atoms with E-state index < -0.39 is 21.9 Å². The van der Waals surface area contributed by atoms with E-state index in [1.54, 1.807) is 0 Å². The summed E-state index contributed by atoms with van der Waals surface area (Å²) in [6, 6.07) is 21.3. The number of aliphatic hydroxyl groups is 1. The maximum Gasteiger partial charge on any atom is 0.243 e. The Kier molecular flexibility index (Phi) is 5.92. The monoisotopic (exact) mass is 467 g/mol. The SMILES string of the molecule is O=S(=O)(c1ccc(F)cc1)N1CCN(CC(O)Cn2c3ccccc3c3ccccc32)CC1.